The minimum atomic E-state index is -3.15. The zero-order chi connectivity index (χ0) is 13.8. The van der Waals surface area contributed by atoms with Gasteiger partial charge in [0.1, 0.15) is 12.4 Å². The molecule has 102 valence electrons. The molecule has 0 radical (unpaired) electrons. The van der Waals surface area contributed by atoms with E-state index >= 15 is 0 Å². The molecule has 18 heavy (non-hydrogen) atoms. The SMILES string of the molecule is CC(C)(C)S(=O)(=O)CCOc1ccccc1CCl. The van der Waals surface area contributed by atoms with E-state index in [-0.39, 0.29) is 12.4 Å². The molecule has 0 aliphatic carbocycles. The summed E-state index contributed by atoms with van der Waals surface area (Å²) in [4.78, 5) is 0. The summed E-state index contributed by atoms with van der Waals surface area (Å²) >= 11 is 5.78. The Hall–Kier alpha value is -0.740. The predicted molar refractivity (Wildman–Crippen MR) is 75.0 cm³/mol. The van der Waals surface area contributed by atoms with E-state index in [1.165, 1.54) is 0 Å². The quantitative estimate of drug-likeness (QED) is 0.783. The normalized spacial score (nSPS) is 12.4. The smallest absolute Gasteiger partial charge is 0.158 e. The maximum absolute atomic E-state index is 11.9. The van der Waals surface area contributed by atoms with Gasteiger partial charge in [0, 0.05) is 5.56 Å². The number of benzene rings is 1. The molecule has 0 heterocycles. The second-order valence-electron chi connectivity index (χ2n) is 5.02. The molecule has 0 saturated carbocycles. The maximum atomic E-state index is 11.9. The second-order valence-corrected chi connectivity index (χ2v) is 8.15. The number of hydrogen-bond donors (Lipinski definition) is 0. The first-order valence-electron chi connectivity index (χ1n) is 5.77. The summed E-state index contributed by atoms with van der Waals surface area (Å²) in [5.41, 5.74) is 0.868. The van der Waals surface area contributed by atoms with Crippen LogP contribution in [0.15, 0.2) is 24.3 Å². The van der Waals surface area contributed by atoms with Crippen LogP contribution < -0.4 is 4.74 Å². The summed E-state index contributed by atoms with van der Waals surface area (Å²) in [6.45, 7) is 5.21. The molecule has 0 atom stereocenters. The van der Waals surface area contributed by atoms with Gasteiger partial charge in [0.05, 0.1) is 16.4 Å². The summed E-state index contributed by atoms with van der Waals surface area (Å²) in [5, 5.41) is 0. The van der Waals surface area contributed by atoms with E-state index in [1.54, 1.807) is 26.8 Å². The van der Waals surface area contributed by atoms with Crippen LogP contribution in [-0.2, 0) is 15.7 Å². The monoisotopic (exact) mass is 290 g/mol. The van der Waals surface area contributed by atoms with Crippen molar-refractivity contribution in [1.29, 1.82) is 0 Å². The Balaban J connectivity index is 2.63. The van der Waals surface area contributed by atoms with Crippen LogP contribution in [0.1, 0.15) is 26.3 Å². The fraction of sp³-hybridized carbons (Fsp3) is 0.538. The maximum Gasteiger partial charge on any atom is 0.158 e. The number of hydrogen-bond acceptors (Lipinski definition) is 3. The van der Waals surface area contributed by atoms with Gasteiger partial charge in [-0.2, -0.15) is 0 Å². The van der Waals surface area contributed by atoms with E-state index in [4.69, 9.17) is 16.3 Å². The second kappa shape index (κ2) is 5.93. The van der Waals surface area contributed by atoms with Crippen molar-refractivity contribution in [3.63, 3.8) is 0 Å². The van der Waals surface area contributed by atoms with Gasteiger partial charge in [0.25, 0.3) is 0 Å². The van der Waals surface area contributed by atoms with Crippen molar-refractivity contribution in [1.82, 2.24) is 0 Å². The minimum absolute atomic E-state index is 0.00706. The lowest BCUT2D eigenvalue weighted by Crippen LogP contribution is -2.32. The van der Waals surface area contributed by atoms with Gasteiger partial charge in [-0.05, 0) is 26.8 Å². The molecule has 1 aromatic carbocycles. The van der Waals surface area contributed by atoms with Gasteiger partial charge >= 0.3 is 0 Å². The molecule has 5 heteroatoms. The molecule has 0 N–H and O–H groups in total. The van der Waals surface area contributed by atoms with Crippen LogP contribution in [0.4, 0.5) is 0 Å². The lowest BCUT2D eigenvalue weighted by Gasteiger charge is -2.19. The van der Waals surface area contributed by atoms with Crippen molar-refractivity contribution < 1.29 is 13.2 Å². The molecule has 3 nitrogen and oxygen atoms in total. The van der Waals surface area contributed by atoms with Crippen LogP contribution in [-0.4, -0.2) is 25.5 Å². The van der Waals surface area contributed by atoms with E-state index in [0.717, 1.165) is 5.56 Å². The van der Waals surface area contributed by atoms with Gasteiger partial charge in [-0.15, -0.1) is 11.6 Å². The highest BCUT2D eigenvalue weighted by Gasteiger charge is 2.28. The number of halogens is 1. The van der Waals surface area contributed by atoms with Crippen LogP contribution in [0.25, 0.3) is 0 Å². The summed E-state index contributed by atoms with van der Waals surface area (Å²) in [7, 11) is -3.15. The molecule has 0 aromatic heterocycles. The van der Waals surface area contributed by atoms with Crippen LogP contribution in [0.2, 0.25) is 0 Å². The molecule has 0 saturated heterocycles. The third-order valence-corrected chi connectivity index (χ3v) is 5.52. The van der Waals surface area contributed by atoms with Crippen LogP contribution in [0.3, 0.4) is 0 Å². The molecule has 0 unspecified atom stereocenters. The number of ether oxygens (including phenoxy) is 1. The predicted octanol–water partition coefficient (Wildman–Crippen LogP) is 3.02. The Labute approximate surface area is 114 Å². The van der Waals surface area contributed by atoms with E-state index in [1.807, 2.05) is 18.2 Å². The van der Waals surface area contributed by atoms with Crippen LogP contribution >= 0.6 is 11.6 Å². The largest absolute Gasteiger partial charge is 0.492 e. The molecular weight excluding hydrogens is 272 g/mol. The third-order valence-electron chi connectivity index (χ3n) is 2.66. The molecule has 1 aromatic rings. The van der Waals surface area contributed by atoms with Gasteiger partial charge in [0.2, 0.25) is 0 Å². The first kappa shape index (κ1) is 15.3. The van der Waals surface area contributed by atoms with Gasteiger partial charge in [-0.1, -0.05) is 18.2 Å². The van der Waals surface area contributed by atoms with Gasteiger partial charge in [-0.25, -0.2) is 8.42 Å². The average molecular weight is 291 g/mol. The molecule has 1 rings (SSSR count). The van der Waals surface area contributed by atoms with Crippen molar-refractivity contribution in [3.05, 3.63) is 29.8 Å². The van der Waals surface area contributed by atoms with Crippen molar-refractivity contribution in [2.24, 2.45) is 0 Å². The first-order chi connectivity index (χ1) is 8.28. The van der Waals surface area contributed by atoms with E-state index in [0.29, 0.717) is 11.6 Å². The van der Waals surface area contributed by atoms with Crippen molar-refractivity contribution in [3.8, 4) is 5.75 Å². The highest BCUT2D eigenvalue weighted by Crippen LogP contribution is 2.21. The van der Waals surface area contributed by atoms with Crippen molar-refractivity contribution in [2.75, 3.05) is 12.4 Å². The summed E-state index contributed by atoms with van der Waals surface area (Å²) in [6, 6.07) is 7.36. The topological polar surface area (TPSA) is 43.4 Å². The van der Waals surface area contributed by atoms with Gasteiger partial charge < -0.3 is 4.74 Å². The molecule has 0 aliphatic rings. The molecule has 0 amide bonds. The molecule has 0 bridgehead atoms. The Bertz CT molecular complexity index is 489. The number of rotatable bonds is 5. The lowest BCUT2D eigenvalue weighted by atomic mass is 10.2. The highest BCUT2D eigenvalue weighted by atomic mass is 35.5. The Morgan fingerprint density at radius 1 is 1.22 bits per heavy atom. The Morgan fingerprint density at radius 2 is 1.83 bits per heavy atom. The van der Waals surface area contributed by atoms with Crippen LogP contribution in [0.5, 0.6) is 5.75 Å². The first-order valence-corrected chi connectivity index (χ1v) is 7.95. The molecule has 0 fully saturated rings. The molecule has 0 spiro atoms. The zero-order valence-electron chi connectivity index (χ0n) is 10.9. The Kier molecular flexibility index (Phi) is 5.05. The zero-order valence-corrected chi connectivity index (χ0v) is 12.5. The lowest BCUT2D eigenvalue weighted by molar-refractivity contribution is 0.337. The summed E-state index contributed by atoms with van der Waals surface area (Å²) in [6.07, 6.45) is 0. The van der Waals surface area contributed by atoms with Crippen LogP contribution in [0, 0.1) is 0 Å². The standard InChI is InChI=1S/C13H19ClO3S/c1-13(2,3)18(15,16)9-8-17-12-7-5-4-6-11(12)10-14/h4-7H,8-10H2,1-3H3. The highest BCUT2D eigenvalue weighted by molar-refractivity contribution is 7.92. The number of sulfone groups is 1. The Morgan fingerprint density at radius 3 is 2.39 bits per heavy atom. The minimum Gasteiger partial charge on any atom is -0.492 e. The average Bonchev–Trinajstić information content (AvgIpc) is 2.28. The van der Waals surface area contributed by atoms with E-state index in [9.17, 15) is 8.42 Å². The fourth-order valence-electron chi connectivity index (χ4n) is 1.32. The van der Waals surface area contributed by atoms with Gasteiger partial charge in [-0.3, -0.25) is 0 Å². The van der Waals surface area contributed by atoms with Crippen molar-refractivity contribution >= 4 is 21.4 Å². The molecular formula is C13H19ClO3S. The third kappa shape index (κ3) is 3.89. The summed E-state index contributed by atoms with van der Waals surface area (Å²) < 4.78 is 28.5. The van der Waals surface area contributed by atoms with Gasteiger partial charge in [0.15, 0.2) is 9.84 Å². The number of para-hydroxylation sites is 1. The number of alkyl halides is 1. The van der Waals surface area contributed by atoms with E-state index in [2.05, 4.69) is 0 Å². The van der Waals surface area contributed by atoms with Crippen molar-refractivity contribution in [2.45, 2.75) is 31.4 Å². The summed E-state index contributed by atoms with van der Waals surface area (Å²) in [5.74, 6) is 1.01. The molecule has 0 aliphatic heterocycles. The van der Waals surface area contributed by atoms with E-state index < -0.39 is 14.6 Å². The fourth-order valence-corrected chi connectivity index (χ4v) is 2.46.